The zero-order chi connectivity index (χ0) is 17.1. The maximum absolute atomic E-state index is 14.1. The quantitative estimate of drug-likeness (QED) is 0.940. The highest BCUT2D eigenvalue weighted by molar-refractivity contribution is 6.07. The van der Waals surface area contributed by atoms with E-state index >= 15 is 0 Å². The Morgan fingerprint density at radius 1 is 1.12 bits per heavy atom. The second kappa shape index (κ2) is 7.01. The smallest absolute Gasteiger partial charge is 0.261 e. The summed E-state index contributed by atoms with van der Waals surface area (Å²) in [5, 5.41) is 10.2. The molecular weight excluding hydrogens is 307 g/mol. The van der Waals surface area contributed by atoms with Gasteiger partial charge in [-0.2, -0.15) is 0 Å². The second-order valence-corrected chi connectivity index (χ2v) is 6.18. The SMILES string of the molecule is CN1CCC(N(C(=O)c2ccccc2F)c2ccccc2O)CC1. The number of aromatic hydroxyl groups is 1. The van der Waals surface area contributed by atoms with Gasteiger partial charge in [-0.3, -0.25) is 4.79 Å². The van der Waals surface area contributed by atoms with Crippen LogP contribution in [0.15, 0.2) is 48.5 Å². The first-order valence-electron chi connectivity index (χ1n) is 8.12. The maximum Gasteiger partial charge on any atom is 0.261 e. The molecule has 1 amide bonds. The Hall–Kier alpha value is -2.40. The number of hydrogen-bond acceptors (Lipinski definition) is 3. The Balaban J connectivity index is 2.01. The number of carbonyl (C=O) groups excluding carboxylic acids is 1. The Bertz CT molecular complexity index is 727. The number of halogens is 1. The van der Waals surface area contributed by atoms with Gasteiger partial charge in [-0.05, 0) is 57.2 Å². The van der Waals surface area contributed by atoms with E-state index in [9.17, 15) is 14.3 Å². The van der Waals surface area contributed by atoms with E-state index < -0.39 is 11.7 Å². The summed E-state index contributed by atoms with van der Waals surface area (Å²) in [5.74, 6) is -0.930. The van der Waals surface area contributed by atoms with Crippen molar-refractivity contribution in [2.75, 3.05) is 25.0 Å². The Morgan fingerprint density at radius 2 is 1.75 bits per heavy atom. The van der Waals surface area contributed by atoms with Crippen molar-refractivity contribution < 1.29 is 14.3 Å². The Kier molecular flexibility index (Phi) is 4.81. The number of para-hydroxylation sites is 2. The molecule has 0 bridgehead atoms. The molecule has 5 heteroatoms. The van der Waals surface area contributed by atoms with Gasteiger partial charge in [0.25, 0.3) is 5.91 Å². The maximum atomic E-state index is 14.1. The van der Waals surface area contributed by atoms with Crippen LogP contribution in [-0.2, 0) is 0 Å². The number of benzene rings is 2. The van der Waals surface area contributed by atoms with Crippen molar-refractivity contribution in [2.24, 2.45) is 0 Å². The van der Waals surface area contributed by atoms with Gasteiger partial charge in [0.05, 0.1) is 11.3 Å². The van der Waals surface area contributed by atoms with Gasteiger partial charge in [-0.25, -0.2) is 4.39 Å². The molecule has 0 saturated carbocycles. The van der Waals surface area contributed by atoms with Gasteiger partial charge < -0.3 is 14.9 Å². The number of phenolic OH excluding ortho intramolecular Hbond substituents is 1. The predicted octanol–water partition coefficient (Wildman–Crippen LogP) is 3.27. The van der Waals surface area contributed by atoms with E-state index in [4.69, 9.17) is 0 Å². The van der Waals surface area contributed by atoms with Crippen molar-refractivity contribution in [2.45, 2.75) is 18.9 Å². The van der Waals surface area contributed by atoms with Gasteiger partial charge in [0.15, 0.2) is 0 Å². The summed E-state index contributed by atoms with van der Waals surface area (Å²) in [6, 6.07) is 12.6. The number of rotatable bonds is 3. The molecule has 1 aliphatic heterocycles. The fraction of sp³-hybridized carbons (Fsp3) is 0.316. The highest BCUT2D eigenvalue weighted by Crippen LogP contribution is 2.32. The molecule has 1 N–H and O–H groups in total. The second-order valence-electron chi connectivity index (χ2n) is 6.18. The Morgan fingerprint density at radius 3 is 2.42 bits per heavy atom. The molecule has 1 saturated heterocycles. The minimum absolute atomic E-state index is 0.0275. The number of carbonyl (C=O) groups is 1. The lowest BCUT2D eigenvalue weighted by atomic mass is 10.0. The largest absolute Gasteiger partial charge is 0.506 e. The molecule has 0 unspecified atom stereocenters. The number of piperidine rings is 1. The van der Waals surface area contributed by atoms with Gasteiger partial charge >= 0.3 is 0 Å². The fourth-order valence-corrected chi connectivity index (χ4v) is 3.16. The third kappa shape index (κ3) is 3.26. The topological polar surface area (TPSA) is 43.8 Å². The lowest BCUT2D eigenvalue weighted by Gasteiger charge is -2.37. The molecule has 0 radical (unpaired) electrons. The number of anilines is 1. The van der Waals surface area contributed by atoms with Crippen LogP contribution in [0, 0.1) is 5.82 Å². The minimum Gasteiger partial charge on any atom is -0.506 e. The third-order valence-corrected chi connectivity index (χ3v) is 4.52. The molecular formula is C19H21FN2O2. The van der Waals surface area contributed by atoms with Crippen LogP contribution in [0.1, 0.15) is 23.2 Å². The molecule has 3 rings (SSSR count). The number of phenols is 1. The first-order chi connectivity index (χ1) is 11.6. The highest BCUT2D eigenvalue weighted by atomic mass is 19.1. The Labute approximate surface area is 141 Å². The third-order valence-electron chi connectivity index (χ3n) is 4.52. The van der Waals surface area contributed by atoms with Crippen LogP contribution in [0.4, 0.5) is 10.1 Å². The summed E-state index contributed by atoms with van der Waals surface area (Å²) in [5.41, 5.74) is 0.458. The molecule has 0 aromatic heterocycles. The van der Waals surface area contributed by atoms with Crippen LogP contribution >= 0.6 is 0 Å². The van der Waals surface area contributed by atoms with Gasteiger partial charge in [0.1, 0.15) is 11.6 Å². The molecule has 1 heterocycles. The lowest BCUT2D eigenvalue weighted by molar-refractivity contribution is 0.0959. The molecule has 2 aromatic carbocycles. The monoisotopic (exact) mass is 328 g/mol. The van der Waals surface area contributed by atoms with Crippen LogP contribution in [-0.4, -0.2) is 42.1 Å². The molecule has 1 aliphatic rings. The summed E-state index contributed by atoms with van der Waals surface area (Å²) in [6.45, 7) is 1.72. The zero-order valence-corrected chi connectivity index (χ0v) is 13.7. The summed E-state index contributed by atoms with van der Waals surface area (Å²) in [6.07, 6.45) is 1.57. The molecule has 0 spiro atoms. The van der Waals surface area contributed by atoms with E-state index in [1.54, 1.807) is 41.3 Å². The molecule has 1 fully saturated rings. The minimum atomic E-state index is -0.546. The normalized spacial score (nSPS) is 16.1. The summed E-state index contributed by atoms with van der Waals surface area (Å²) < 4.78 is 14.1. The molecule has 0 atom stereocenters. The van der Waals surface area contributed by atoms with Gasteiger partial charge in [0, 0.05) is 6.04 Å². The van der Waals surface area contributed by atoms with Gasteiger partial charge in [-0.1, -0.05) is 24.3 Å². The zero-order valence-electron chi connectivity index (χ0n) is 13.7. The van der Waals surface area contributed by atoms with Crippen LogP contribution in [0.5, 0.6) is 5.75 Å². The average Bonchev–Trinajstić information content (AvgIpc) is 2.59. The van der Waals surface area contributed by atoms with Crippen molar-refractivity contribution in [1.29, 1.82) is 0 Å². The lowest BCUT2D eigenvalue weighted by Crippen LogP contribution is -2.47. The van der Waals surface area contributed by atoms with Gasteiger partial charge in [-0.15, -0.1) is 0 Å². The molecule has 126 valence electrons. The number of nitrogens with zero attached hydrogens (tertiary/aromatic N) is 2. The van der Waals surface area contributed by atoms with E-state index in [2.05, 4.69) is 4.90 Å². The van der Waals surface area contributed by atoms with Crippen LogP contribution in [0.2, 0.25) is 0 Å². The van der Waals surface area contributed by atoms with E-state index in [1.807, 2.05) is 7.05 Å². The van der Waals surface area contributed by atoms with Crippen LogP contribution in [0.25, 0.3) is 0 Å². The molecule has 4 nitrogen and oxygen atoms in total. The van der Waals surface area contributed by atoms with E-state index in [0.717, 1.165) is 25.9 Å². The summed E-state index contributed by atoms with van der Waals surface area (Å²) >= 11 is 0. The first-order valence-corrected chi connectivity index (χ1v) is 8.12. The van der Waals surface area contributed by atoms with Crippen molar-refractivity contribution in [3.8, 4) is 5.75 Å². The number of hydrogen-bond donors (Lipinski definition) is 1. The van der Waals surface area contributed by atoms with E-state index in [0.29, 0.717) is 5.69 Å². The van der Waals surface area contributed by atoms with Crippen molar-refractivity contribution in [3.63, 3.8) is 0 Å². The van der Waals surface area contributed by atoms with Gasteiger partial charge in [0.2, 0.25) is 0 Å². The highest BCUT2D eigenvalue weighted by Gasteiger charge is 2.31. The fourth-order valence-electron chi connectivity index (χ4n) is 3.16. The number of amides is 1. The first kappa shape index (κ1) is 16.5. The number of likely N-dealkylation sites (tertiary alicyclic amines) is 1. The molecule has 0 aliphatic carbocycles. The summed E-state index contributed by atoms with van der Waals surface area (Å²) in [4.78, 5) is 16.8. The van der Waals surface area contributed by atoms with E-state index in [-0.39, 0.29) is 17.4 Å². The average molecular weight is 328 g/mol. The summed E-state index contributed by atoms with van der Waals surface area (Å²) in [7, 11) is 2.04. The van der Waals surface area contributed by atoms with Crippen molar-refractivity contribution in [3.05, 3.63) is 59.9 Å². The van der Waals surface area contributed by atoms with Crippen molar-refractivity contribution in [1.82, 2.24) is 4.90 Å². The van der Waals surface area contributed by atoms with Crippen LogP contribution in [0.3, 0.4) is 0 Å². The van der Waals surface area contributed by atoms with E-state index in [1.165, 1.54) is 12.1 Å². The van der Waals surface area contributed by atoms with Crippen LogP contribution < -0.4 is 4.90 Å². The standard InChI is InChI=1S/C19H21FN2O2/c1-21-12-10-14(11-13-21)22(17-8-4-5-9-18(17)23)19(24)15-6-2-3-7-16(15)20/h2-9,14,23H,10-13H2,1H3. The molecule has 2 aromatic rings. The molecule has 24 heavy (non-hydrogen) atoms. The van der Waals surface area contributed by atoms with Crippen molar-refractivity contribution >= 4 is 11.6 Å². The predicted molar refractivity (Wildman–Crippen MR) is 91.8 cm³/mol.